The van der Waals surface area contributed by atoms with Crippen LogP contribution >= 0.6 is 0 Å². The predicted octanol–water partition coefficient (Wildman–Crippen LogP) is 2.30. The lowest BCUT2D eigenvalue weighted by atomic mass is 10.1. The highest BCUT2D eigenvalue weighted by Gasteiger charge is 2.12. The molecule has 0 radical (unpaired) electrons. The molecule has 96 valence electrons. The predicted molar refractivity (Wildman–Crippen MR) is 67.4 cm³/mol. The van der Waals surface area contributed by atoms with Crippen molar-refractivity contribution in [3.63, 3.8) is 0 Å². The first-order valence-electron chi connectivity index (χ1n) is 5.61. The molecule has 0 bridgehead atoms. The van der Waals surface area contributed by atoms with E-state index in [1.165, 1.54) is 12.1 Å². The zero-order chi connectivity index (χ0) is 13.5. The van der Waals surface area contributed by atoms with E-state index in [1.54, 1.807) is 6.07 Å². The standard InChI is InChI=1S/C12H15N3O3/c1-3-18-8-9(2)14-12-5-4-11(15(16)17)6-10(12)7-13/h4-6,9,14H,3,8H2,1-2H3. The van der Waals surface area contributed by atoms with Gasteiger partial charge in [-0.2, -0.15) is 5.26 Å². The van der Waals surface area contributed by atoms with Crippen LogP contribution in [0.4, 0.5) is 11.4 Å². The first-order chi connectivity index (χ1) is 8.58. The number of ether oxygens (including phenoxy) is 1. The number of hydrogen-bond donors (Lipinski definition) is 1. The van der Waals surface area contributed by atoms with Gasteiger partial charge in [-0.15, -0.1) is 0 Å². The zero-order valence-corrected chi connectivity index (χ0v) is 10.3. The molecule has 0 fully saturated rings. The van der Waals surface area contributed by atoms with Crippen LogP contribution in [0.2, 0.25) is 0 Å². The average Bonchev–Trinajstić information content (AvgIpc) is 2.36. The van der Waals surface area contributed by atoms with Crippen molar-refractivity contribution in [1.82, 2.24) is 0 Å². The number of nitriles is 1. The van der Waals surface area contributed by atoms with Crippen LogP contribution in [-0.2, 0) is 4.74 Å². The second kappa shape index (κ2) is 6.57. The normalized spacial score (nSPS) is 11.6. The highest BCUT2D eigenvalue weighted by atomic mass is 16.6. The summed E-state index contributed by atoms with van der Waals surface area (Å²) >= 11 is 0. The highest BCUT2D eigenvalue weighted by molar-refractivity contribution is 5.61. The number of hydrogen-bond acceptors (Lipinski definition) is 5. The van der Waals surface area contributed by atoms with Gasteiger partial charge in [-0.25, -0.2) is 0 Å². The van der Waals surface area contributed by atoms with Crippen molar-refractivity contribution >= 4 is 11.4 Å². The van der Waals surface area contributed by atoms with Crippen LogP contribution < -0.4 is 5.32 Å². The molecule has 0 saturated carbocycles. The van der Waals surface area contributed by atoms with Crippen molar-refractivity contribution in [3.05, 3.63) is 33.9 Å². The largest absolute Gasteiger partial charge is 0.380 e. The van der Waals surface area contributed by atoms with E-state index in [4.69, 9.17) is 10.00 Å². The van der Waals surface area contributed by atoms with Crippen molar-refractivity contribution < 1.29 is 9.66 Å². The first kappa shape index (κ1) is 13.9. The summed E-state index contributed by atoms with van der Waals surface area (Å²) in [4.78, 5) is 10.1. The number of nitrogens with one attached hydrogen (secondary N) is 1. The van der Waals surface area contributed by atoms with Crippen molar-refractivity contribution in [2.24, 2.45) is 0 Å². The summed E-state index contributed by atoms with van der Waals surface area (Å²) in [6, 6.07) is 6.14. The molecule has 0 heterocycles. The Balaban J connectivity index is 2.83. The molecule has 0 amide bonds. The number of nitro groups is 1. The second-order valence-electron chi connectivity index (χ2n) is 3.80. The fourth-order valence-electron chi connectivity index (χ4n) is 1.47. The molecular formula is C12H15N3O3. The lowest BCUT2D eigenvalue weighted by molar-refractivity contribution is -0.384. The minimum atomic E-state index is -0.520. The third-order valence-electron chi connectivity index (χ3n) is 2.31. The summed E-state index contributed by atoms with van der Waals surface area (Å²) < 4.78 is 5.25. The van der Waals surface area contributed by atoms with E-state index in [9.17, 15) is 10.1 Å². The monoisotopic (exact) mass is 249 g/mol. The van der Waals surface area contributed by atoms with Crippen molar-refractivity contribution in [2.45, 2.75) is 19.9 Å². The van der Waals surface area contributed by atoms with Gasteiger partial charge in [-0.05, 0) is 19.9 Å². The van der Waals surface area contributed by atoms with E-state index < -0.39 is 4.92 Å². The number of nitrogens with zero attached hydrogens (tertiary/aromatic N) is 2. The lowest BCUT2D eigenvalue weighted by Gasteiger charge is -2.15. The molecule has 0 saturated heterocycles. The minimum Gasteiger partial charge on any atom is -0.380 e. The van der Waals surface area contributed by atoms with Gasteiger partial charge in [0.2, 0.25) is 0 Å². The van der Waals surface area contributed by atoms with Gasteiger partial charge in [0.25, 0.3) is 5.69 Å². The quantitative estimate of drug-likeness (QED) is 0.617. The molecule has 1 rings (SSSR count). The van der Waals surface area contributed by atoms with Crippen LogP contribution in [0.1, 0.15) is 19.4 Å². The maximum atomic E-state index is 10.6. The van der Waals surface area contributed by atoms with Gasteiger partial charge in [-0.1, -0.05) is 0 Å². The Labute approximate surface area is 105 Å². The average molecular weight is 249 g/mol. The molecule has 1 aromatic carbocycles. The molecule has 1 atom stereocenters. The van der Waals surface area contributed by atoms with E-state index >= 15 is 0 Å². The van der Waals surface area contributed by atoms with E-state index in [0.29, 0.717) is 18.9 Å². The number of nitro benzene ring substituents is 1. The van der Waals surface area contributed by atoms with Crippen molar-refractivity contribution in [3.8, 4) is 6.07 Å². The fourth-order valence-corrected chi connectivity index (χ4v) is 1.47. The molecule has 0 aliphatic heterocycles. The summed E-state index contributed by atoms with van der Waals surface area (Å²) in [6.07, 6.45) is 0. The molecule has 6 nitrogen and oxygen atoms in total. The van der Waals surface area contributed by atoms with Crippen molar-refractivity contribution in [2.75, 3.05) is 18.5 Å². The van der Waals surface area contributed by atoms with Gasteiger partial charge in [0, 0.05) is 24.8 Å². The smallest absolute Gasteiger partial charge is 0.270 e. The number of benzene rings is 1. The number of non-ortho nitro benzene ring substituents is 1. The highest BCUT2D eigenvalue weighted by Crippen LogP contribution is 2.21. The SMILES string of the molecule is CCOCC(C)Nc1ccc([N+](=O)[O-])cc1C#N. The number of rotatable bonds is 6. The van der Waals surface area contributed by atoms with Gasteiger partial charge in [0.15, 0.2) is 0 Å². The van der Waals surface area contributed by atoms with E-state index in [2.05, 4.69) is 5.32 Å². The molecule has 0 aliphatic carbocycles. The van der Waals surface area contributed by atoms with E-state index in [1.807, 2.05) is 19.9 Å². The van der Waals surface area contributed by atoms with E-state index in [-0.39, 0.29) is 17.3 Å². The Morgan fingerprint density at radius 3 is 2.89 bits per heavy atom. The van der Waals surface area contributed by atoms with Gasteiger partial charge in [-0.3, -0.25) is 10.1 Å². The van der Waals surface area contributed by atoms with Gasteiger partial charge in [0.05, 0.1) is 22.8 Å². The lowest BCUT2D eigenvalue weighted by Crippen LogP contribution is -2.22. The molecule has 0 spiro atoms. The number of anilines is 1. The molecule has 0 aromatic heterocycles. The Morgan fingerprint density at radius 1 is 1.61 bits per heavy atom. The second-order valence-corrected chi connectivity index (χ2v) is 3.80. The first-order valence-corrected chi connectivity index (χ1v) is 5.61. The van der Waals surface area contributed by atoms with Gasteiger partial charge >= 0.3 is 0 Å². The molecule has 1 N–H and O–H groups in total. The topological polar surface area (TPSA) is 88.2 Å². The Morgan fingerprint density at radius 2 is 2.33 bits per heavy atom. The molecular weight excluding hydrogens is 234 g/mol. The van der Waals surface area contributed by atoms with Crippen LogP contribution in [0, 0.1) is 21.4 Å². The maximum absolute atomic E-state index is 10.6. The third kappa shape index (κ3) is 3.71. The minimum absolute atomic E-state index is 0.0264. The van der Waals surface area contributed by atoms with Gasteiger partial charge < -0.3 is 10.1 Å². The van der Waals surface area contributed by atoms with Gasteiger partial charge in [0.1, 0.15) is 6.07 Å². The van der Waals surface area contributed by atoms with Crippen LogP contribution in [0.25, 0.3) is 0 Å². The summed E-state index contributed by atoms with van der Waals surface area (Å²) in [5, 5.41) is 22.7. The zero-order valence-electron chi connectivity index (χ0n) is 10.3. The maximum Gasteiger partial charge on any atom is 0.270 e. The molecule has 0 aliphatic rings. The van der Waals surface area contributed by atoms with Crippen LogP contribution in [0.15, 0.2) is 18.2 Å². The summed E-state index contributed by atoms with van der Waals surface area (Å²) in [5.41, 5.74) is 0.748. The van der Waals surface area contributed by atoms with E-state index in [0.717, 1.165) is 0 Å². The third-order valence-corrected chi connectivity index (χ3v) is 2.31. The molecule has 18 heavy (non-hydrogen) atoms. The summed E-state index contributed by atoms with van der Waals surface area (Å²) in [7, 11) is 0. The molecule has 1 aromatic rings. The van der Waals surface area contributed by atoms with Crippen LogP contribution in [-0.4, -0.2) is 24.2 Å². The summed E-state index contributed by atoms with van der Waals surface area (Å²) in [5.74, 6) is 0. The van der Waals surface area contributed by atoms with Crippen LogP contribution in [0.5, 0.6) is 0 Å². The Bertz CT molecular complexity index is 468. The van der Waals surface area contributed by atoms with Crippen molar-refractivity contribution in [1.29, 1.82) is 5.26 Å². The Kier molecular flexibility index (Phi) is 5.08. The fraction of sp³-hybridized carbons (Fsp3) is 0.417. The molecule has 6 heteroatoms. The van der Waals surface area contributed by atoms with Crippen LogP contribution in [0.3, 0.4) is 0 Å². The molecule has 1 unspecified atom stereocenters. The summed E-state index contributed by atoms with van der Waals surface area (Å²) in [6.45, 7) is 4.95. The Hall–Kier alpha value is -2.13.